The van der Waals surface area contributed by atoms with E-state index in [0.29, 0.717) is 6.61 Å². The third-order valence-corrected chi connectivity index (χ3v) is 1.92. The van der Waals surface area contributed by atoms with Gasteiger partial charge in [0.05, 0.1) is 18.8 Å². The van der Waals surface area contributed by atoms with Gasteiger partial charge in [-0.05, 0) is 21.0 Å². The molecule has 1 atom stereocenters. The molecule has 0 amide bonds. The summed E-state index contributed by atoms with van der Waals surface area (Å²) in [5.41, 5.74) is -0.315. The van der Waals surface area contributed by atoms with Crippen LogP contribution in [0.2, 0.25) is 0 Å². The number of aliphatic hydroxyl groups is 1. The highest BCUT2D eigenvalue weighted by Gasteiger charge is 2.21. The van der Waals surface area contributed by atoms with Crippen LogP contribution in [0.15, 0.2) is 0 Å². The molecule has 0 saturated carbocycles. The van der Waals surface area contributed by atoms with Gasteiger partial charge in [-0.1, -0.05) is 0 Å². The summed E-state index contributed by atoms with van der Waals surface area (Å²) in [6.07, 6.45) is 0. The van der Waals surface area contributed by atoms with Crippen LogP contribution in [0, 0.1) is 0 Å². The third-order valence-electron chi connectivity index (χ3n) is 1.92. The molecule has 0 heterocycles. The molecular formula is C9H22N2O2. The Morgan fingerprint density at radius 2 is 2.08 bits per heavy atom. The highest BCUT2D eigenvalue weighted by molar-refractivity contribution is 4.81. The summed E-state index contributed by atoms with van der Waals surface area (Å²) in [6.45, 7) is 4.38. The number of hydrogen-bond donors (Lipinski definition) is 2. The van der Waals surface area contributed by atoms with E-state index in [2.05, 4.69) is 10.2 Å². The number of nitrogens with zero attached hydrogens (tertiary/aromatic N) is 1. The van der Waals surface area contributed by atoms with Crippen LogP contribution in [0.3, 0.4) is 0 Å². The molecule has 80 valence electrons. The van der Waals surface area contributed by atoms with Gasteiger partial charge in [-0.2, -0.15) is 0 Å². The van der Waals surface area contributed by atoms with Crippen molar-refractivity contribution in [1.29, 1.82) is 0 Å². The number of rotatable bonds is 7. The predicted octanol–water partition coefficient (Wildman–Crippen LogP) is -0.465. The van der Waals surface area contributed by atoms with E-state index in [4.69, 9.17) is 9.84 Å². The quantitative estimate of drug-likeness (QED) is 0.570. The van der Waals surface area contributed by atoms with Gasteiger partial charge in [0.15, 0.2) is 0 Å². The van der Waals surface area contributed by atoms with Crippen molar-refractivity contribution in [3.8, 4) is 0 Å². The molecular weight excluding hydrogens is 168 g/mol. The summed E-state index contributed by atoms with van der Waals surface area (Å²) in [5, 5.41) is 12.4. The van der Waals surface area contributed by atoms with Crippen LogP contribution in [0.1, 0.15) is 6.92 Å². The first-order valence-electron chi connectivity index (χ1n) is 4.53. The zero-order valence-corrected chi connectivity index (χ0v) is 9.13. The van der Waals surface area contributed by atoms with Gasteiger partial charge in [-0.15, -0.1) is 0 Å². The number of likely N-dealkylation sites (N-methyl/N-ethyl adjacent to an activating group) is 1. The van der Waals surface area contributed by atoms with Gasteiger partial charge >= 0.3 is 0 Å². The second-order valence-corrected chi connectivity index (χ2v) is 3.88. The zero-order chi connectivity index (χ0) is 10.3. The minimum atomic E-state index is -0.315. The van der Waals surface area contributed by atoms with E-state index >= 15 is 0 Å². The molecule has 4 nitrogen and oxygen atoms in total. The van der Waals surface area contributed by atoms with Gasteiger partial charge < -0.3 is 20.1 Å². The number of ether oxygens (including phenoxy) is 1. The van der Waals surface area contributed by atoms with Gasteiger partial charge in [0.2, 0.25) is 0 Å². The molecule has 0 aromatic heterocycles. The number of hydrogen-bond acceptors (Lipinski definition) is 4. The smallest absolute Gasteiger partial charge is 0.0664 e. The first kappa shape index (κ1) is 12.8. The summed E-state index contributed by atoms with van der Waals surface area (Å²) in [7, 11) is 5.68. The van der Waals surface area contributed by atoms with Crippen molar-refractivity contribution in [2.45, 2.75) is 12.5 Å². The zero-order valence-electron chi connectivity index (χ0n) is 9.13. The molecule has 13 heavy (non-hydrogen) atoms. The summed E-state index contributed by atoms with van der Waals surface area (Å²) >= 11 is 0. The Labute approximate surface area is 80.9 Å². The number of methoxy groups -OCH3 is 1. The fourth-order valence-corrected chi connectivity index (χ4v) is 1.05. The van der Waals surface area contributed by atoms with Crippen LogP contribution in [-0.2, 0) is 4.74 Å². The molecule has 0 aliphatic heterocycles. The van der Waals surface area contributed by atoms with Crippen molar-refractivity contribution >= 4 is 0 Å². The molecule has 0 rings (SSSR count). The molecule has 0 fully saturated rings. The average Bonchev–Trinajstić information content (AvgIpc) is 2.04. The average molecular weight is 190 g/mol. The summed E-state index contributed by atoms with van der Waals surface area (Å²) < 4.78 is 5.02. The standard InChI is InChI=1S/C9H22N2O2/c1-9(7-12,8-13-4)10-5-6-11(2)3/h10,12H,5-8H2,1-4H3. The fraction of sp³-hybridized carbons (Fsp3) is 1.00. The van der Waals surface area contributed by atoms with Gasteiger partial charge in [-0.25, -0.2) is 0 Å². The first-order valence-corrected chi connectivity index (χ1v) is 4.53. The molecule has 0 radical (unpaired) electrons. The SMILES string of the molecule is COCC(C)(CO)NCCN(C)C. The summed E-state index contributed by atoms with van der Waals surface area (Å²) in [5.74, 6) is 0. The van der Waals surface area contributed by atoms with Crippen molar-refractivity contribution in [3.63, 3.8) is 0 Å². The van der Waals surface area contributed by atoms with E-state index < -0.39 is 0 Å². The fourth-order valence-electron chi connectivity index (χ4n) is 1.05. The predicted molar refractivity (Wildman–Crippen MR) is 53.9 cm³/mol. The van der Waals surface area contributed by atoms with Crippen LogP contribution in [0.4, 0.5) is 0 Å². The highest BCUT2D eigenvalue weighted by atomic mass is 16.5. The molecule has 0 spiro atoms. The summed E-state index contributed by atoms with van der Waals surface area (Å²) in [4.78, 5) is 2.09. The minimum Gasteiger partial charge on any atom is -0.394 e. The lowest BCUT2D eigenvalue weighted by Crippen LogP contribution is -2.51. The molecule has 0 bridgehead atoms. The van der Waals surface area contributed by atoms with Gasteiger partial charge in [0, 0.05) is 20.2 Å². The van der Waals surface area contributed by atoms with E-state index in [-0.39, 0.29) is 12.1 Å². The lowest BCUT2D eigenvalue weighted by atomic mass is 10.1. The van der Waals surface area contributed by atoms with Gasteiger partial charge in [0.1, 0.15) is 0 Å². The Bertz CT molecular complexity index is 131. The molecule has 4 heteroatoms. The normalized spacial score (nSPS) is 16.2. The molecule has 0 saturated heterocycles. The minimum absolute atomic E-state index is 0.0915. The van der Waals surface area contributed by atoms with E-state index in [1.165, 1.54) is 0 Å². The van der Waals surface area contributed by atoms with E-state index in [1.54, 1.807) is 7.11 Å². The topological polar surface area (TPSA) is 44.7 Å². The van der Waals surface area contributed by atoms with E-state index in [0.717, 1.165) is 13.1 Å². The highest BCUT2D eigenvalue weighted by Crippen LogP contribution is 2.01. The number of aliphatic hydroxyl groups excluding tert-OH is 1. The maximum atomic E-state index is 9.13. The molecule has 0 aromatic carbocycles. The van der Waals surface area contributed by atoms with Crippen LogP contribution < -0.4 is 5.32 Å². The summed E-state index contributed by atoms with van der Waals surface area (Å²) in [6, 6.07) is 0. The maximum Gasteiger partial charge on any atom is 0.0664 e. The van der Waals surface area contributed by atoms with Crippen LogP contribution in [-0.4, -0.2) is 63.1 Å². The number of nitrogens with one attached hydrogen (secondary N) is 1. The van der Waals surface area contributed by atoms with Crippen LogP contribution in [0.25, 0.3) is 0 Å². The Morgan fingerprint density at radius 1 is 1.46 bits per heavy atom. The van der Waals surface area contributed by atoms with Crippen molar-refractivity contribution in [2.24, 2.45) is 0 Å². The third kappa shape index (κ3) is 5.99. The van der Waals surface area contributed by atoms with Crippen molar-refractivity contribution in [2.75, 3.05) is 47.5 Å². The maximum absolute atomic E-state index is 9.13. The van der Waals surface area contributed by atoms with Crippen molar-refractivity contribution < 1.29 is 9.84 Å². The Hall–Kier alpha value is -0.160. The lowest BCUT2D eigenvalue weighted by molar-refractivity contribution is 0.0724. The molecule has 0 aliphatic carbocycles. The Morgan fingerprint density at radius 3 is 2.46 bits per heavy atom. The van der Waals surface area contributed by atoms with E-state index in [9.17, 15) is 0 Å². The monoisotopic (exact) mass is 190 g/mol. The largest absolute Gasteiger partial charge is 0.394 e. The Kier molecular flexibility index (Phi) is 6.24. The molecule has 2 N–H and O–H groups in total. The van der Waals surface area contributed by atoms with E-state index in [1.807, 2.05) is 21.0 Å². The van der Waals surface area contributed by atoms with Crippen molar-refractivity contribution in [1.82, 2.24) is 10.2 Å². The molecule has 0 aromatic rings. The lowest BCUT2D eigenvalue weighted by Gasteiger charge is -2.28. The second-order valence-electron chi connectivity index (χ2n) is 3.88. The molecule has 0 aliphatic rings. The Balaban J connectivity index is 3.69. The van der Waals surface area contributed by atoms with Crippen LogP contribution in [0.5, 0.6) is 0 Å². The van der Waals surface area contributed by atoms with Gasteiger partial charge in [-0.3, -0.25) is 0 Å². The first-order chi connectivity index (χ1) is 6.04. The van der Waals surface area contributed by atoms with Crippen LogP contribution >= 0.6 is 0 Å². The molecule has 1 unspecified atom stereocenters. The van der Waals surface area contributed by atoms with Gasteiger partial charge in [0.25, 0.3) is 0 Å². The van der Waals surface area contributed by atoms with Crippen molar-refractivity contribution in [3.05, 3.63) is 0 Å². The second kappa shape index (κ2) is 6.32.